The van der Waals surface area contributed by atoms with E-state index in [0.29, 0.717) is 36.8 Å². The molecule has 5 aliphatic rings. The molecule has 0 radical (unpaired) electrons. The van der Waals surface area contributed by atoms with Gasteiger partial charge in [-0.25, -0.2) is 4.79 Å². The van der Waals surface area contributed by atoms with Crippen molar-refractivity contribution in [3.63, 3.8) is 0 Å². The maximum Gasteiger partial charge on any atom is 0.405 e. The Labute approximate surface area is 244 Å². The number of amides is 3. The second kappa shape index (κ2) is 12.9. The zero-order chi connectivity index (χ0) is 29.8. The monoisotopic (exact) mass is 571 g/mol. The van der Waals surface area contributed by atoms with Crippen LogP contribution in [0, 0.1) is 40.9 Å². The third-order valence-electron chi connectivity index (χ3n) is 9.31. The Balaban J connectivity index is 1.39. The Hall–Kier alpha value is -3.04. The fourth-order valence-corrected chi connectivity index (χ4v) is 7.69. The van der Waals surface area contributed by atoms with Crippen molar-refractivity contribution in [2.75, 3.05) is 13.2 Å². The van der Waals surface area contributed by atoms with E-state index < -0.39 is 17.2 Å². The van der Waals surface area contributed by atoms with Crippen molar-refractivity contribution >= 4 is 24.1 Å². The van der Waals surface area contributed by atoms with E-state index in [9.17, 15) is 14.4 Å². The molecule has 2 unspecified atom stereocenters. The molecule has 0 aliphatic heterocycles. The maximum absolute atomic E-state index is 13.3. The quantitative estimate of drug-likeness (QED) is 0.127. The molecule has 3 amide bonds. The van der Waals surface area contributed by atoms with E-state index in [2.05, 4.69) is 16.0 Å². The molecule has 4 bridgehead atoms. The molecule has 5 rings (SSSR count). The molecule has 10 heteroatoms. The Bertz CT molecular complexity index is 1050. The van der Waals surface area contributed by atoms with E-state index in [0.717, 1.165) is 64.0 Å². The van der Waals surface area contributed by atoms with Crippen molar-refractivity contribution in [2.45, 2.75) is 96.6 Å². The van der Waals surface area contributed by atoms with Gasteiger partial charge < -0.3 is 36.6 Å². The van der Waals surface area contributed by atoms with Gasteiger partial charge in [0.15, 0.2) is 0 Å². The number of ether oxygens (including phenoxy) is 2. The average Bonchev–Trinajstić information content (AvgIpc) is 3.41. The van der Waals surface area contributed by atoms with Gasteiger partial charge in [0.1, 0.15) is 11.2 Å². The number of hydrogen-bond acceptors (Lipinski definition) is 7. The maximum atomic E-state index is 13.3. The number of nitrogens with one attached hydrogen (secondary N) is 4. The lowest BCUT2D eigenvalue weighted by molar-refractivity contribution is -0.151. The van der Waals surface area contributed by atoms with E-state index in [-0.39, 0.29) is 35.1 Å². The van der Waals surface area contributed by atoms with Gasteiger partial charge in [-0.15, -0.1) is 0 Å². The summed E-state index contributed by atoms with van der Waals surface area (Å²) in [5.41, 5.74) is 4.46. The number of nitrogens with two attached hydrogens (primary N) is 1. The molecule has 5 saturated carbocycles. The zero-order valence-electron chi connectivity index (χ0n) is 25.1. The molecule has 0 aromatic carbocycles. The van der Waals surface area contributed by atoms with Gasteiger partial charge in [-0.3, -0.25) is 9.59 Å². The molecule has 5 fully saturated rings. The highest BCUT2D eigenvalue weighted by atomic mass is 16.6. The van der Waals surface area contributed by atoms with Crippen LogP contribution in [-0.4, -0.2) is 48.4 Å². The predicted octanol–water partition coefficient (Wildman–Crippen LogP) is 4.11. The van der Waals surface area contributed by atoms with E-state index >= 15 is 0 Å². The second-order valence-corrected chi connectivity index (χ2v) is 13.7. The summed E-state index contributed by atoms with van der Waals surface area (Å²) in [6, 6.07) is 0. The largest absolute Gasteiger partial charge is 0.478 e. The minimum atomic E-state index is -0.701. The van der Waals surface area contributed by atoms with Gasteiger partial charge in [-0.1, -0.05) is 26.7 Å². The minimum Gasteiger partial charge on any atom is -0.478 e. The van der Waals surface area contributed by atoms with Crippen LogP contribution in [0.5, 0.6) is 0 Å². The molecule has 0 aromatic rings. The van der Waals surface area contributed by atoms with Crippen LogP contribution >= 0.6 is 0 Å². The van der Waals surface area contributed by atoms with E-state index in [1.54, 1.807) is 6.20 Å². The van der Waals surface area contributed by atoms with Gasteiger partial charge >= 0.3 is 6.09 Å². The van der Waals surface area contributed by atoms with Crippen molar-refractivity contribution in [1.29, 1.82) is 5.41 Å². The number of hydrogen-bond donors (Lipinski definition) is 5. The Morgan fingerprint density at radius 1 is 1.10 bits per heavy atom. The lowest BCUT2D eigenvalue weighted by atomic mass is 9.50. The number of rotatable bonds is 13. The predicted molar refractivity (Wildman–Crippen MR) is 157 cm³/mol. The standard InChI is InChI=1S/C31H49N5O5/c1-19(2)18-40-28(34-10-9-30(3,4)36-26(37)21-7-5-6-8-21)24(16-32)27(38)35-17-25-22-11-20-12-23(25)15-31(13-20,14-22)41-29(33)39/h9-10,16,19-23,25,32,34H,5-8,11-15,17-18H2,1-4H3,(H2,33,39)(H,35,38)(H,36,37)/b10-9+,28-24-,32-16?. The lowest BCUT2D eigenvalue weighted by Crippen LogP contribution is -2.58. The molecule has 6 N–H and O–H groups in total. The van der Waals surface area contributed by atoms with Crippen LogP contribution < -0.4 is 21.7 Å². The van der Waals surface area contributed by atoms with Crippen molar-refractivity contribution in [2.24, 2.45) is 41.2 Å². The molecular formula is C31H49N5O5. The molecule has 0 saturated heterocycles. The molecule has 5 aliphatic carbocycles. The summed E-state index contributed by atoms with van der Waals surface area (Å²) in [5, 5.41) is 17.3. The second-order valence-electron chi connectivity index (χ2n) is 13.7. The summed E-state index contributed by atoms with van der Waals surface area (Å²) >= 11 is 0. The average molecular weight is 572 g/mol. The highest BCUT2D eigenvalue weighted by Crippen LogP contribution is 2.59. The van der Waals surface area contributed by atoms with Gasteiger partial charge in [0.05, 0.1) is 12.1 Å². The molecular weight excluding hydrogens is 522 g/mol. The van der Waals surface area contributed by atoms with Crippen molar-refractivity contribution in [3.8, 4) is 0 Å². The van der Waals surface area contributed by atoms with Crippen LogP contribution in [0.25, 0.3) is 0 Å². The zero-order valence-corrected chi connectivity index (χ0v) is 25.1. The molecule has 0 spiro atoms. The smallest absolute Gasteiger partial charge is 0.405 e. The van der Waals surface area contributed by atoms with Gasteiger partial charge in [0, 0.05) is 24.9 Å². The van der Waals surface area contributed by atoms with Gasteiger partial charge in [-0.2, -0.15) is 0 Å². The normalized spacial score (nSPS) is 29.8. The molecule has 41 heavy (non-hydrogen) atoms. The number of primary amides is 1. The highest BCUT2D eigenvalue weighted by Gasteiger charge is 2.57. The SMILES string of the molecule is CC(C)CO/C(N/C=C/C(C)(C)NC(=O)C1CCCC1)=C(/C=N)C(=O)NCC1C2CC3CC1CC(OC(N)=O)(C3)C2. The summed E-state index contributed by atoms with van der Waals surface area (Å²) in [5.74, 6) is 1.77. The van der Waals surface area contributed by atoms with Crippen LogP contribution in [0.2, 0.25) is 0 Å². The topological polar surface area (TPSA) is 156 Å². The summed E-state index contributed by atoms with van der Waals surface area (Å²) in [6.07, 6.45) is 12.5. The van der Waals surface area contributed by atoms with Crippen LogP contribution in [0.15, 0.2) is 23.7 Å². The highest BCUT2D eigenvalue weighted by molar-refractivity contribution is 6.11. The molecule has 0 aromatic heterocycles. The molecule has 228 valence electrons. The molecule has 0 heterocycles. The fraction of sp³-hybridized carbons (Fsp3) is 0.742. The van der Waals surface area contributed by atoms with Gasteiger partial charge in [-0.05, 0) is 94.5 Å². The fourth-order valence-electron chi connectivity index (χ4n) is 7.69. The van der Waals surface area contributed by atoms with Crippen LogP contribution in [0.1, 0.15) is 85.5 Å². The van der Waals surface area contributed by atoms with Crippen LogP contribution in [-0.2, 0) is 19.1 Å². The summed E-state index contributed by atoms with van der Waals surface area (Å²) in [4.78, 5) is 37.5. The van der Waals surface area contributed by atoms with Crippen molar-refractivity contribution in [3.05, 3.63) is 23.7 Å². The first-order valence-electron chi connectivity index (χ1n) is 15.3. The minimum absolute atomic E-state index is 0.0698. The first-order valence-corrected chi connectivity index (χ1v) is 15.3. The first kappa shape index (κ1) is 30.9. The summed E-state index contributed by atoms with van der Waals surface area (Å²) in [6.45, 7) is 8.74. The number of carbonyl (C=O) groups excluding carboxylic acids is 3. The number of carbonyl (C=O) groups is 3. The van der Waals surface area contributed by atoms with E-state index in [1.807, 2.05) is 33.8 Å². The van der Waals surface area contributed by atoms with Crippen molar-refractivity contribution < 1.29 is 23.9 Å². The van der Waals surface area contributed by atoms with Crippen molar-refractivity contribution in [1.82, 2.24) is 16.0 Å². The third kappa shape index (κ3) is 7.83. The first-order chi connectivity index (χ1) is 19.4. The van der Waals surface area contributed by atoms with Gasteiger partial charge in [0.2, 0.25) is 11.8 Å². The molecule has 10 nitrogen and oxygen atoms in total. The summed E-state index contributed by atoms with van der Waals surface area (Å²) in [7, 11) is 0. The van der Waals surface area contributed by atoms with Crippen LogP contribution in [0.4, 0.5) is 4.79 Å². The Kier molecular flexibility index (Phi) is 9.70. The Morgan fingerprint density at radius 3 is 2.34 bits per heavy atom. The lowest BCUT2D eigenvalue weighted by Gasteiger charge is -2.59. The third-order valence-corrected chi connectivity index (χ3v) is 9.31. The van der Waals surface area contributed by atoms with Gasteiger partial charge in [0.25, 0.3) is 5.91 Å². The van der Waals surface area contributed by atoms with E-state index in [1.165, 1.54) is 0 Å². The Morgan fingerprint density at radius 2 is 1.76 bits per heavy atom. The summed E-state index contributed by atoms with van der Waals surface area (Å²) < 4.78 is 11.6. The van der Waals surface area contributed by atoms with E-state index in [4.69, 9.17) is 20.6 Å². The molecule has 2 atom stereocenters. The van der Waals surface area contributed by atoms with Crippen LogP contribution in [0.3, 0.4) is 0 Å².